The van der Waals surface area contributed by atoms with E-state index in [2.05, 4.69) is 34.6 Å². The Bertz CT molecular complexity index is 1790. The number of hydrogen-bond donors (Lipinski definition) is 3. The highest BCUT2D eigenvalue weighted by atomic mass is 31.2. The number of carbonyl (C=O) groups excluding carboxylic acids is 4. The van der Waals surface area contributed by atoms with Crippen molar-refractivity contribution in [1.82, 2.24) is 0 Å². The zero-order chi connectivity index (χ0) is 68.4. The maximum Gasteiger partial charge on any atom is 0.472 e. The number of esters is 4. The second-order valence-corrected chi connectivity index (χ2v) is 30.1. The van der Waals surface area contributed by atoms with Gasteiger partial charge in [-0.1, -0.05) is 336 Å². The molecule has 552 valence electrons. The van der Waals surface area contributed by atoms with Crippen LogP contribution in [0.15, 0.2) is 0 Å². The molecule has 0 aromatic carbocycles. The standard InChI is InChI=1S/C74H144O17P2/c1-6-9-12-15-18-21-23-24-25-26-27-30-35-40-45-50-55-60-74(79)91-70(64-85-72(77)58-53-48-43-38-34-31-28-29-33-37-41-46-51-56-67(4)5)66-89-93(82,83)87-62-68(75)61-86-92(80,81)88-65-69(63-84-71(76)57-52-47-42-36-20-17-14-11-8-3)90-73(78)59-54-49-44-39-32-22-19-16-13-10-7-2/h67-70,75H,6-66H2,1-5H3,(H,80,81)(H,82,83)/t68-,69+,70+/m0/s1. The van der Waals surface area contributed by atoms with Gasteiger partial charge in [0.1, 0.15) is 19.3 Å². The van der Waals surface area contributed by atoms with Gasteiger partial charge < -0.3 is 33.8 Å². The number of carbonyl (C=O) groups is 4. The van der Waals surface area contributed by atoms with Crippen LogP contribution in [0.2, 0.25) is 0 Å². The predicted octanol–water partition coefficient (Wildman–Crippen LogP) is 21.7. The SMILES string of the molecule is CCCCCCCCCCCCCCCCCCCC(=O)O[C@H](COC(=O)CCCCCCCCCCCCCCCC(C)C)COP(=O)(O)OC[C@@H](O)COP(=O)(O)OC[C@@H](COC(=O)CCCCCCCCCCC)OC(=O)CCCCCCCCCCCCC. The first-order valence-corrected chi connectivity index (χ1v) is 41.6. The van der Waals surface area contributed by atoms with Gasteiger partial charge >= 0.3 is 39.5 Å². The van der Waals surface area contributed by atoms with Crippen molar-refractivity contribution >= 4 is 39.5 Å². The minimum Gasteiger partial charge on any atom is -0.462 e. The van der Waals surface area contributed by atoms with E-state index in [0.717, 1.165) is 95.8 Å². The summed E-state index contributed by atoms with van der Waals surface area (Å²) in [5.74, 6) is -1.32. The van der Waals surface area contributed by atoms with Gasteiger partial charge in [-0.05, 0) is 31.6 Å². The molecule has 0 rings (SSSR count). The van der Waals surface area contributed by atoms with Gasteiger partial charge in [-0.3, -0.25) is 37.3 Å². The quantitative estimate of drug-likeness (QED) is 0.0222. The summed E-state index contributed by atoms with van der Waals surface area (Å²) in [6.07, 6.45) is 55.4. The average molecular weight is 1370 g/mol. The molecule has 17 nitrogen and oxygen atoms in total. The number of aliphatic hydroxyl groups is 1. The summed E-state index contributed by atoms with van der Waals surface area (Å²) < 4.78 is 68.4. The lowest BCUT2D eigenvalue weighted by molar-refractivity contribution is -0.161. The molecular weight excluding hydrogens is 1220 g/mol. The van der Waals surface area contributed by atoms with E-state index in [1.165, 1.54) is 212 Å². The summed E-state index contributed by atoms with van der Waals surface area (Å²) in [4.78, 5) is 72.7. The van der Waals surface area contributed by atoms with Gasteiger partial charge in [0.15, 0.2) is 12.2 Å². The van der Waals surface area contributed by atoms with Crippen molar-refractivity contribution in [2.45, 2.75) is 406 Å². The first-order chi connectivity index (χ1) is 45.0. The lowest BCUT2D eigenvalue weighted by Gasteiger charge is -2.21. The molecule has 0 aliphatic rings. The zero-order valence-corrected chi connectivity index (χ0v) is 62.2. The number of ether oxygens (including phenoxy) is 4. The minimum atomic E-state index is -4.95. The highest BCUT2D eigenvalue weighted by Crippen LogP contribution is 2.45. The molecule has 0 fully saturated rings. The summed E-state index contributed by atoms with van der Waals surface area (Å²) in [5.41, 5.74) is 0. The van der Waals surface area contributed by atoms with Crippen molar-refractivity contribution in [3.8, 4) is 0 Å². The fraction of sp³-hybridized carbons (Fsp3) is 0.946. The fourth-order valence-corrected chi connectivity index (χ4v) is 12.9. The monoisotopic (exact) mass is 1370 g/mol. The second-order valence-electron chi connectivity index (χ2n) is 27.2. The van der Waals surface area contributed by atoms with Crippen molar-refractivity contribution < 1.29 is 80.2 Å². The molecule has 5 atom stereocenters. The first kappa shape index (κ1) is 91.1. The van der Waals surface area contributed by atoms with Crippen LogP contribution in [-0.4, -0.2) is 96.7 Å². The van der Waals surface area contributed by atoms with Gasteiger partial charge in [-0.25, -0.2) is 9.13 Å². The Kier molecular flexibility index (Phi) is 65.9. The Labute approximate surface area is 568 Å². The molecule has 0 saturated carbocycles. The van der Waals surface area contributed by atoms with E-state index < -0.39 is 97.5 Å². The molecular formula is C74H144O17P2. The highest BCUT2D eigenvalue weighted by molar-refractivity contribution is 7.47. The summed E-state index contributed by atoms with van der Waals surface area (Å²) in [5, 5.41) is 10.6. The third-order valence-electron chi connectivity index (χ3n) is 17.3. The van der Waals surface area contributed by atoms with Gasteiger partial charge in [0, 0.05) is 25.7 Å². The zero-order valence-electron chi connectivity index (χ0n) is 60.4. The van der Waals surface area contributed by atoms with Gasteiger partial charge in [0.05, 0.1) is 26.4 Å². The molecule has 0 aromatic rings. The van der Waals surface area contributed by atoms with Crippen molar-refractivity contribution in [3.05, 3.63) is 0 Å². The maximum atomic E-state index is 13.1. The van der Waals surface area contributed by atoms with E-state index in [1.54, 1.807) is 0 Å². The Morgan fingerprint density at radius 3 is 0.731 bits per heavy atom. The summed E-state index contributed by atoms with van der Waals surface area (Å²) >= 11 is 0. The largest absolute Gasteiger partial charge is 0.472 e. The van der Waals surface area contributed by atoms with E-state index in [1.807, 2.05) is 0 Å². The normalized spacial score (nSPS) is 14.0. The van der Waals surface area contributed by atoms with Crippen molar-refractivity contribution in [3.63, 3.8) is 0 Å². The van der Waals surface area contributed by atoms with Gasteiger partial charge in [-0.15, -0.1) is 0 Å². The average Bonchev–Trinajstić information content (AvgIpc) is 1.58. The van der Waals surface area contributed by atoms with Crippen LogP contribution < -0.4 is 0 Å². The van der Waals surface area contributed by atoms with E-state index >= 15 is 0 Å². The first-order valence-electron chi connectivity index (χ1n) is 38.6. The van der Waals surface area contributed by atoms with Gasteiger partial charge in [-0.2, -0.15) is 0 Å². The van der Waals surface area contributed by atoms with E-state index in [-0.39, 0.29) is 25.7 Å². The van der Waals surface area contributed by atoms with Crippen LogP contribution >= 0.6 is 15.6 Å². The lowest BCUT2D eigenvalue weighted by atomic mass is 10.0. The molecule has 0 radical (unpaired) electrons. The summed E-state index contributed by atoms with van der Waals surface area (Å²) in [7, 11) is -9.90. The Morgan fingerprint density at radius 1 is 0.290 bits per heavy atom. The maximum absolute atomic E-state index is 13.1. The third kappa shape index (κ3) is 68.4. The molecule has 0 saturated heterocycles. The number of phosphoric acid groups is 2. The molecule has 93 heavy (non-hydrogen) atoms. The Hall–Kier alpha value is -1.94. The van der Waals surface area contributed by atoms with Crippen molar-refractivity contribution in [1.29, 1.82) is 0 Å². The van der Waals surface area contributed by atoms with Crippen molar-refractivity contribution in [2.75, 3.05) is 39.6 Å². The third-order valence-corrected chi connectivity index (χ3v) is 19.2. The Morgan fingerprint density at radius 2 is 0.495 bits per heavy atom. The molecule has 0 bridgehead atoms. The molecule has 3 N–H and O–H groups in total. The fourth-order valence-electron chi connectivity index (χ4n) is 11.4. The minimum absolute atomic E-state index is 0.107. The van der Waals surface area contributed by atoms with E-state index in [9.17, 15) is 43.2 Å². The van der Waals surface area contributed by atoms with Crippen molar-refractivity contribution in [2.24, 2.45) is 5.92 Å². The van der Waals surface area contributed by atoms with Crippen LogP contribution in [0.1, 0.15) is 388 Å². The molecule has 0 aliphatic carbocycles. The summed E-state index contributed by atoms with van der Waals surface area (Å²) in [6, 6.07) is 0. The molecule has 19 heteroatoms. The predicted molar refractivity (Wildman–Crippen MR) is 377 cm³/mol. The van der Waals surface area contributed by atoms with Crippen LogP contribution in [-0.2, 0) is 65.4 Å². The van der Waals surface area contributed by atoms with Crippen LogP contribution in [0, 0.1) is 5.92 Å². The highest BCUT2D eigenvalue weighted by Gasteiger charge is 2.30. The molecule has 2 unspecified atom stereocenters. The van der Waals surface area contributed by atoms with Crippen LogP contribution in [0.5, 0.6) is 0 Å². The Balaban J connectivity index is 5.22. The number of hydrogen-bond acceptors (Lipinski definition) is 15. The molecule has 0 aliphatic heterocycles. The molecule has 0 amide bonds. The van der Waals surface area contributed by atoms with Crippen LogP contribution in [0.3, 0.4) is 0 Å². The smallest absolute Gasteiger partial charge is 0.462 e. The van der Waals surface area contributed by atoms with Crippen LogP contribution in [0.25, 0.3) is 0 Å². The van der Waals surface area contributed by atoms with Gasteiger partial charge in [0.25, 0.3) is 0 Å². The van der Waals surface area contributed by atoms with E-state index in [4.69, 9.17) is 37.0 Å². The van der Waals surface area contributed by atoms with E-state index in [0.29, 0.717) is 25.7 Å². The molecule has 0 heterocycles. The number of unbranched alkanes of at least 4 members (excludes halogenated alkanes) is 46. The second kappa shape index (κ2) is 67.3. The number of rotatable bonds is 74. The lowest BCUT2D eigenvalue weighted by Crippen LogP contribution is -2.30. The molecule has 0 aromatic heterocycles. The summed E-state index contributed by atoms with van der Waals surface area (Å²) in [6.45, 7) is 7.28. The number of aliphatic hydroxyl groups excluding tert-OH is 1. The molecule has 0 spiro atoms. The number of phosphoric ester groups is 2. The van der Waals surface area contributed by atoms with Crippen LogP contribution in [0.4, 0.5) is 0 Å². The topological polar surface area (TPSA) is 237 Å². The van der Waals surface area contributed by atoms with Gasteiger partial charge in [0.2, 0.25) is 0 Å².